The van der Waals surface area contributed by atoms with Gasteiger partial charge >= 0.3 is 0 Å². The van der Waals surface area contributed by atoms with Gasteiger partial charge in [-0.05, 0) is 18.6 Å². The number of hydrogen-bond acceptors (Lipinski definition) is 4. The summed E-state index contributed by atoms with van der Waals surface area (Å²) in [5.41, 5.74) is 5.40. The Morgan fingerprint density at radius 3 is 2.81 bits per heavy atom. The van der Waals surface area contributed by atoms with Crippen LogP contribution in [-0.2, 0) is 21.4 Å². The summed E-state index contributed by atoms with van der Waals surface area (Å²) < 4.78 is 40.9. The number of halogens is 1. The molecule has 1 aliphatic rings. The van der Waals surface area contributed by atoms with Gasteiger partial charge in [0.25, 0.3) is 0 Å². The lowest BCUT2D eigenvalue weighted by molar-refractivity contribution is -0.132. The standard InChI is InChI=1S/C13H18FN3O3S/c1-17-8-9(5-6-13(17)18)16-21(19,20)12-4-2-3-11(14)10(12)7-15/h2-4,9,16H,5-8,15H2,1H3. The van der Waals surface area contributed by atoms with Crippen LogP contribution in [0.4, 0.5) is 4.39 Å². The summed E-state index contributed by atoms with van der Waals surface area (Å²) in [6.45, 7) is 0.0946. The minimum absolute atomic E-state index is 0.0150. The fraction of sp³-hybridized carbons (Fsp3) is 0.462. The predicted molar refractivity (Wildman–Crippen MR) is 75.3 cm³/mol. The van der Waals surface area contributed by atoms with E-state index in [0.717, 1.165) is 0 Å². The summed E-state index contributed by atoms with van der Waals surface area (Å²) in [5.74, 6) is -0.657. The highest BCUT2D eigenvalue weighted by atomic mass is 32.2. The zero-order valence-electron chi connectivity index (χ0n) is 11.7. The number of piperidine rings is 1. The van der Waals surface area contributed by atoms with Crippen molar-refractivity contribution in [3.8, 4) is 0 Å². The van der Waals surface area contributed by atoms with Gasteiger partial charge in [-0.25, -0.2) is 17.5 Å². The average molecular weight is 315 g/mol. The lowest BCUT2D eigenvalue weighted by atomic mass is 10.1. The Morgan fingerprint density at radius 1 is 1.48 bits per heavy atom. The van der Waals surface area contributed by atoms with Crippen LogP contribution in [0.1, 0.15) is 18.4 Å². The Bertz CT molecular complexity index is 648. The van der Waals surface area contributed by atoms with Gasteiger partial charge in [-0.15, -0.1) is 0 Å². The van der Waals surface area contributed by atoms with Crippen LogP contribution >= 0.6 is 0 Å². The zero-order chi connectivity index (χ0) is 15.6. The number of nitrogens with zero attached hydrogens (tertiary/aromatic N) is 1. The average Bonchev–Trinajstić information content (AvgIpc) is 2.42. The van der Waals surface area contributed by atoms with E-state index >= 15 is 0 Å². The lowest BCUT2D eigenvalue weighted by Gasteiger charge is -2.30. The molecule has 1 heterocycles. The van der Waals surface area contributed by atoms with Crippen molar-refractivity contribution in [1.82, 2.24) is 9.62 Å². The SMILES string of the molecule is CN1CC(NS(=O)(=O)c2cccc(F)c2CN)CCC1=O. The topological polar surface area (TPSA) is 92.5 Å². The Balaban J connectivity index is 2.23. The molecule has 1 amide bonds. The molecule has 8 heteroatoms. The number of nitrogens with two attached hydrogens (primary N) is 1. The van der Waals surface area contributed by atoms with Gasteiger partial charge in [-0.1, -0.05) is 6.07 Å². The number of carbonyl (C=O) groups excluding carboxylic acids is 1. The van der Waals surface area contributed by atoms with E-state index in [2.05, 4.69) is 4.72 Å². The van der Waals surface area contributed by atoms with E-state index in [1.165, 1.54) is 23.1 Å². The first kappa shape index (κ1) is 15.9. The van der Waals surface area contributed by atoms with Gasteiger partial charge < -0.3 is 10.6 Å². The van der Waals surface area contributed by atoms with E-state index in [-0.39, 0.29) is 35.4 Å². The highest BCUT2D eigenvalue weighted by Crippen LogP contribution is 2.20. The molecular weight excluding hydrogens is 297 g/mol. The van der Waals surface area contributed by atoms with Gasteiger partial charge in [0.2, 0.25) is 15.9 Å². The van der Waals surface area contributed by atoms with Crippen molar-refractivity contribution >= 4 is 15.9 Å². The van der Waals surface area contributed by atoms with E-state index in [9.17, 15) is 17.6 Å². The molecule has 6 nitrogen and oxygen atoms in total. The number of hydrogen-bond donors (Lipinski definition) is 2. The van der Waals surface area contributed by atoms with Crippen LogP contribution < -0.4 is 10.5 Å². The van der Waals surface area contributed by atoms with Gasteiger partial charge in [0.1, 0.15) is 5.82 Å². The highest BCUT2D eigenvalue weighted by Gasteiger charge is 2.28. The van der Waals surface area contributed by atoms with Crippen LogP contribution in [0.2, 0.25) is 0 Å². The van der Waals surface area contributed by atoms with E-state index in [1.54, 1.807) is 7.05 Å². The molecule has 0 bridgehead atoms. The summed E-state index contributed by atoms with van der Waals surface area (Å²) in [4.78, 5) is 12.7. The molecule has 0 saturated carbocycles. The fourth-order valence-electron chi connectivity index (χ4n) is 2.38. The maximum Gasteiger partial charge on any atom is 0.241 e. The minimum Gasteiger partial charge on any atom is -0.344 e. The number of amides is 1. The first-order valence-electron chi connectivity index (χ1n) is 6.59. The van der Waals surface area contributed by atoms with Crippen molar-refractivity contribution in [3.05, 3.63) is 29.6 Å². The maximum atomic E-state index is 13.6. The van der Waals surface area contributed by atoms with Crippen molar-refractivity contribution in [3.63, 3.8) is 0 Å². The summed E-state index contributed by atoms with van der Waals surface area (Å²) in [7, 11) is -2.25. The first-order valence-corrected chi connectivity index (χ1v) is 8.07. The zero-order valence-corrected chi connectivity index (χ0v) is 12.5. The summed E-state index contributed by atoms with van der Waals surface area (Å²) in [6.07, 6.45) is 0.715. The highest BCUT2D eigenvalue weighted by molar-refractivity contribution is 7.89. The van der Waals surface area contributed by atoms with E-state index in [0.29, 0.717) is 13.0 Å². The molecule has 1 fully saturated rings. The third-order valence-electron chi connectivity index (χ3n) is 3.52. The van der Waals surface area contributed by atoms with Gasteiger partial charge in [-0.3, -0.25) is 4.79 Å². The van der Waals surface area contributed by atoms with Crippen molar-refractivity contribution in [2.45, 2.75) is 30.3 Å². The summed E-state index contributed by atoms with van der Waals surface area (Å²) >= 11 is 0. The van der Waals surface area contributed by atoms with Crippen LogP contribution in [0.15, 0.2) is 23.1 Å². The monoisotopic (exact) mass is 315 g/mol. The molecule has 1 aliphatic heterocycles. The molecule has 1 aromatic rings. The predicted octanol–water partition coefficient (Wildman–Crippen LogP) is 0.183. The third-order valence-corrected chi connectivity index (χ3v) is 5.12. The van der Waals surface area contributed by atoms with Crippen molar-refractivity contribution in [1.29, 1.82) is 0 Å². The van der Waals surface area contributed by atoms with Crippen LogP contribution in [0.25, 0.3) is 0 Å². The Morgan fingerprint density at radius 2 is 2.19 bits per heavy atom. The number of likely N-dealkylation sites (N-methyl/N-ethyl adjacent to an activating group) is 1. The molecule has 0 aromatic heterocycles. The molecule has 0 spiro atoms. The van der Waals surface area contributed by atoms with Gasteiger partial charge in [0, 0.05) is 38.2 Å². The molecule has 0 aliphatic carbocycles. The van der Waals surface area contributed by atoms with E-state index in [4.69, 9.17) is 5.73 Å². The van der Waals surface area contributed by atoms with Crippen molar-refractivity contribution in [2.24, 2.45) is 5.73 Å². The van der Waals surface area contributed by atoms with Crippen LogP contribution in [0.5, 0.6) is 0 Å². The summed E-state index contributed by atoms with van der Waals surface area (Å²) in [5, 5.41) is 0. The van der Waals surface area contributed by atoms with Crippen molar-refractivity contribution < 1.29 is 17.6 Å². The molecule has 2 rings (SSSR count). The molecule has 0 radical (unpaired) electrons. The van der Waals surface area contributed by atoms with Gasteiger partial charge in [-0.2, -0.15) is 0 Å². The molecule has 3 N–H and O–H groups in total. The molecule has 21 heavy (non-hydrogen) atoms. The first-order chi connectivity index (χ1) is 9.85. The van der Waals surface area contributed by atoms with E-state index in [1.807, 2.05) is 0 Å². The number of carbonyl (C=O) groups is 1. The van der Waals surface area contributed by atoms with Gasteiger partial charge in [0.15, 0.2) is 0 Å². The molecule has 1 unspecified atom stereocenters. The van der Waals surface area contributed by atoms with Crippen LogP contribution in [-0.4, -0.2) is 38.9 Å². The molecule has 116 valence electrons. The molecule has 1 atom stereocenters. The molecule has 1 aromatic carbocycles. The van der Waals surface area contributed by atoms with Crippen LogP contribution in [0.3, 0.4) is 0 Å². The second kappa shape index (κ2) is 6.08. The fourth-order valence-corrected chi connectivity index (χ4v) is 3.90. The number of sulfonamides is 1. The molecule has 1 saturated heterocycles. The minimum atomic E-state index is -3.87. The number of benzene rings is 1. The largest absolute Gasteiger partial charge is 0.344 e. The Kier molecular flexibility index (Phi) is 4.60. The van der Waals surface area contributed by atoms with Gasteiger partial charge in [0.05, 0.1) is 4.90 Å². The normalized spacial score (nSPS) is 19.9. The Hall–Kier alpha value is -1.51. The maximum absolute atomic E-state index is 13.6. The third kappa shape index (κ3) is 3.39. The number of likely N-dealkylation sites (tertiary alicyclic amines) is 1. The Labute approximate surface area is 123 Å². The second-order valence-electron chi connectivity index (χ2n) is 5.05. The van der Waals surface area contributed by atoms with Crippen molar-refractivity contribution in [2.75, 3.05) is 13.6 Å². The lowest BCUT2D eigenvalue weighted by Crippen LogP contribution is -2.48. The quantitative estimate of drug-likeness (QED) is 0.829. The number of nitrogens with one attached hydrogen (secondary N) is 1. The summed E-state index contributed by atoms with van der Waals surface area (Å²) in [6, 6.07) is 3.45. The molecular formula is C13H18FN3O3S. The smallest absolute Gasteiger partial charge is 0.241 e. The van der Waals surface area contributed by atoms with Crippen LogP contribution in [0, 0.1) is 5.82 Å². The second-order valence-corrected chi connectivity index (χ2v) is 6.73. The number of rotatable bonds is 4. The van der Waals surface area contributed by atoms with E-state index < -0.39 is 15.8 Å².